The van der Waals surface area contributed by atoms with Crippen LogP contribution in [-0.2, 0) is 6.54 Å². The minimum absolute atomic E-state index is 0.0319. The Kier molecular flexibility index (Phi) is 3.78. The molecular weight excluding hydrogens is 274 g/mol. The van der Waals surface area contributed by atoms with Crippen LogP contribution in [-0.4, -0.2) is 21.0 Å². The van der Waals surface area contributed by atoms with E-state index in [1.807, 2.05) is 12.3 Å². The van der Waals surface area contributed by atoms with Crippen molar-refractivity contribution in [2.24, 2.45) is 0 Å². The Hall–Kier alpha value is -1.66. The molecule has 94 valence electrons. The SMILES string of the molecule is Cc1csc(CNc2cc(C(=O)O)c(Cl)cn2)n1. The van der Waals surface area contributed by atoms with Crippen LogP contribution in [0.1, 0.15) is 21.1 Å². The predicted octanol–water partition coefficient (Wildman–Crippen LogP) is 2.81. The lowest BCUT2D eigenvalue weighted by molar-refractivity contribution is 0.0697. The molecule has 2 heterocycles. The summed E-state index contributed by atoms with van der Waals surface area (Å²) in [4.78, 5) is 19.2. The molecule has 0 saturated heterocycles. The molecule has 0 amide bonds. The van der Waals surface area contributed by atoms with Gasteiger partial charge in [0.05, 0.1) is 17.1 Å². The molecule has 0 aliphatic heterocycles. The summed E-state index contributed by atoms with van der Waals surface area (Å²) < 4.78 is 0. The van der Waals surface area contributed by atoms with E-state index in [-0.39, 0.29) is 10.6 Å². The number of pyridine rings is 1. The van der Waals surface area contributed by atoms with E-state index in [2.05, 4.69) is 15.3 Å². The van der Waals surface area contributed by atoms with Crippen LogP contribution >= 0.6 is 22.9 Å². The number of rotatable bonds is 4. The van der Waals surface area contributed by atoms with Gasteiger partial charge >= 0.3 is 5.97 Å². The fourth-order valence-corrected chi connectivity index (χ4v) is 2.24. The van der Waals surface area contributed by atoms with Crippen molar-refractivity contribution in [1.29, 1.82) is 0 Å². The van der Waals surface area contributed by atoms with Crippen molar-refractivity contribution in [3.05, 3.63) is 38.9 Å². The Bertz CT molecular complexity index is 585. The Morgan fingerprint density at radius 3 is 3.00 bits per heavy atom. The molecule has 2 N–H and O–H groups in total. The molecule has 0 bridgehead atoms. The van der Waals surface area contributed by atoms with Crippen LogP contribution in [0.2, 0.25) is 5.02 Å². The first-order chi connectivity index (χ1) is 8.56. The van der Waals surface area contributed by atoms with Gasteiger partial charge in [-0.05, 0) is 13.0 Å². The van der Waals surface area contributed by atoms with Gasteiger partial charge < -0.3 is 10.4 Å². The molecule has 0 fully saturated rings. The highest BCUT2D eigenvalue weighted by Crippen LogP contribution is 2.18. The quantitative estimate of drug-likeness (QED) is 0.902. The van der Waals surface area contributed by atoms with Gasteiger partial charge in [0.1, 0.15) is 10.8 Å². The summed E-state index contributed by atoms with van der Waals surface area (Å²) in [7, 11) is 0. The molecule has 2 aromatic heterocycles. The Morgan fingerprint density at radius 1 is 1.61 bits per heavy atom. The molecular formula is C11H10ClN3O2S. The summed E-state index contributed by atoms with van der Waals surface area (Å²) in [5.74, 6) is -0.611. The molecule has 2 aromatic rings. The average Bonchev–Trinajstić information content (AvgIpc) is 2.74. The number of carboxylic acid groups (broad SMARTS) is 1. The highest BCUT2D eigenvalue weighted by atomic mass is 35.5. The number of nitrogens with zero attached hydrogens (tertiary/aromatic N) is 2. The second-order valence-corrected chi connectivity index (χ2v) is 4.94. The van der Waals surface area contributed by atoms with Crippen LogP contribution in [0.5, 0.6) is 0 Å². The molecule has 0 saturated carbocycles. The second kappa shape index (κ2) is 5.32. The number of thiazole rings is 1. The van der Waals surface area contributed by atoms with E-state index in [4.69, 9.17) is 16.7 Å². The standard InChI is InChI=1S/C11H10ClN3O2S/c1-6-5-18-10(15-6)4-14-9-2-7(11(16)17)8(12)3-13-9/h2-3,5H,4H2,1H3,(H,13,14)(H,16,17). The predicted molar refractivity (Wildman–Crippen MR) is 70.4 cm³/mol. The monoisotopic (exact) mass is 283 g/mol. The van der Waals surface area contributed by atoms with Gasteiger partial charge in [0.15, 0.2) is 0 Å². The topological polar surface area (TPSA) is 75.1 Å². The Morgan fingerprint density at radius 2 is 2.39 bits per heavy atom. The average molecular weight is 284 g/mol. The van der Waals surface area contributed by atoms with Crippen molar-refractivity contribution in [3.63, 3.8) is 0 Å². The number of aromatic nitrogens is 2. The van der Waals surface area contributed by atoms with Crippen molar-refractivity contribution in [2.45, 2.75) is 13.5 Å². The van der Waals surface area contributed by atoms with Gasteiger partial charge in [-0.2, -0.15) is 0 Å². The molecule has 0 aromatic carbocycles. The molecule has 0 aliphatic rings. The van der Waals surface area contributed by atoms with Gasteiger partial charge in [-0.15, -0.1) is 11.3 Å². The maximum Gasteiger partial charge on any atom is 0.337 e. The van der Waals surface area contributed by atoms with Gasteiger partial charge in [0.2, 0.25) is 0 Å². The fraction of sp³-hybridized carbons (Fsp3) is 0.182. The number of anilines is 1. The van der Waals surface area contributed by atoms with Gasteiger partial charge in [-0.3, -0.25) is 0 Å². The number of nitrogens with one attached hydrogen (secondary N) is 1. The first kappa shape index (κ1) is 12.8. The zero-order valence-electron chi connectivity index (χ0n) is 9.48. The van der Waals surface area contributed by atoms with Gasteiger partial charge in [0.25, 0.3) is 0 Å². The molecule has 0 aliphatic carbocycles. The first-order valence-electron chi connectivity index (χ1n) is 5.10. The van der Waals surface area contributed by atoms with E-state index in [1.165, 1.54) is 23.6 Å². The number of hydrogen-bond acceptors (Lipinski definition) is 5. The van der Waals surface area contributed by atoms with Crippen LogP contribution < -0.4 is 5.32 Å². The van der Waals surface area contributed by atoms with E-state index in [0.717, 1.165) is 10.7 Å². The fourth-order valence-electron chi connectivity index (χ4n) is 1.35. The molecule has 2 rings (SSSR count). The van der Waals surface area contributed by atoms with Gasteiger partial charge in [-0.1, -0.05) is 11.6 Å². The Labute approximate surface area is 112 Å². The molecule has 0 atom stereocenters. The van der Waals surface area contributed by atoms with E-state index in [0.29, 0.717) is 12.4 Å². The second-order valence-electron chi connectivity index (χ2n) is 3.59. The normalized spacial score (nSPS) is 10.3. The van der Waals surface area contributed by atoms with Crippen LogP contribution in [0.15, 0.2) is 17.6 Å². The van der Waals surface area contributed by atoms with E-state index in [9.17, 15) is 4.79 Å². The van der Waals surface area contributed by atoms with E-state index in [1.54, 1.807) is 0 Å². The molecule has 18 heavy (non-hydrogen) atoms. The summed E-state index contributed by atoms with van der Waals surface area (Å²) in [6.07, 6.45) is 1.32. The lowest BCUT2D eigenvalue weighted by Crippen LogP contribution is -2.04. The Balaban J connectivity index is 2.10. The van der Waals surface area contributed by atoms with Crippen LogP contribution in [0, 0.1) is 6.92 Å². The zero-order valence-corrected chi connectivity index (χ0v) is 11.0. The molecule has 5 nitrogen and oxygen atoms in total. The minimum atomic E-state index is -1.07. The van der Waals surface area contributed by atoms with E-state index >= 15 is 0 Å². The lowest BCUT2D eigenvalue weighted by atomic mass is 10.2. The van der Waals surface area contributed by atoms with Crippen molar-refractivity contribution in [1.82, 2.24) is 9.97 Å². The van der Waals surface area contributed by atoms with Crippen molar-refractivity contribution in [3.8, 4) is 0 Å². The van der Waals surface area contributed by atoms with Gasteiger partial charge in [0, 0.05) is 17.3 Å². The number of hydrogen-bond donors (Lipinski definition) is 2. The van der Waals surface area contributed by atoms with Crippen LogP contribution in [0.3, 0.4) is 0 Å². The maximum absolute atomic E-state index is 10.9. The van der Waals surface area contributed by atoms with Crippen LogP contribution in [0.25, 0.3) is 0 Å². The van der Waals surface area contributed by atoms with Crippen molar-refractivity contribution in [2.75, 3.05) is 5.32 Å². The summed E-state index contributed by atoms with van der Waals surface area (Å²) in [6, 6.07) is 1.41. The number of halogens is 1. The van der Waals surface area contributed by atoms with Crippen molar-refractivity contribution >= 4 is 34.7 Å². The summed E-state index contributed by atoms with van der Waals surface area (Å²) >= 11 is 7.27. The van der Waals surface area contributed by atoms with E-state index < -0.39 is 5.97 Å². The minimum Gasteiger partial charge on any atom is -0.478 e. The molecule has 7 heteroatoms. The maximum atomic E-state index is 10.9. The third-order valence-electron chi connectivity index (χ3n) is 2.17. The lowest BCUT2D eigenvalue weighted by Gasteiger charge is -2.05. The number of aromatic carboxylic acids is 1. The largest absolute Gasteiger partial charge is 0.478 e. The summed E-state index contributed by atoms with van der Waals surface area (Å²) in [5, 5.41) is 14.9. The zero-order chi connectivity index (χ0) is 13.1. The third-order valence-corrected chi connectivity index (χ3v) is 3.44. The third kappa shape index (κ3) is 2.96. The number of carboxylic acids is 1. The highest BCUT2D eigenvalue weighted by Gasteiger charge is 2.10. The highest BCUT2D eigenvalue weighted by molar-refractivity contribution is 7.09. The number of aryl methyl sites for hydroxylation is 1. The molecule has 0 radical (unpaired) electrons. The van der Waals surface area contributed by atoms with Gasteiger partial charge in [-0.25, -0.2) is 14.8 Å². The smallest absolute Gasteiger partial charge is 0.337 e. The number of carbonyl (C=O) groups is 1. The summed E-state index contributed by atoms with van der Waals surface area (Å²) in [6.45, 7) is 2.43. The van der Waals surface area contributed by atoms with Crippen molar-refractivity contribution < 1.29 is 9.90 Å². The van der Waals surface area contributed by atoms with Crippen LogP contribution in [0.4, 0.5) is 5.82 Å². The summed E-state index contributed by atoms with van der Waals surface area (Å²) in [5.41, 5.74) is 0.997. The molecule has 0 spiro atoms. The molecule has 0 unspecified atom stereocenters. The first-order valence-corrected chi connectivity index (χ1v) is 6.35.